The molecule has 1 aliphatic carbocycles. The zero-order valence-electron chi connectivity index (χ0n) is 16.9. The lowest BCUT2D eigenvalue weighted by Crippen LogP contribution is -2.12. The summed E-state index contributed by atoms with van der Waals surface area (Å²) in [7, 11) is 0. The SMILES string of the molecule is Nc1ncc(-c2cnn(C3CCCCC3)c2)cc1-c1cc(-c2c(Cl)cccc2Cl)[nH]n1. The highest BCUT2D eigenvalue weighted by Crippen LogP contribution is 2.36. The molecule has 3 aromatic heterocycles. The topological polar surface area (TPSA) is 85.4 Å². The fourth-order valence-corrected chi connectivity index (χ4v) is 4.81. The first-order chi connectivity index (χ1) is 15.1. The van der Waals surface area contributed by atoms with Crippen molar-refractivity contribution in [1.29, 1.82) is 0 Å². The maximum absolute atomic E-state index is 6.34. The molecule has 4 aromatic rings. The van der Waals surface area contributed by atoms with Crippen LogP contribution in [-0.4, -0.2) is 25.0 Å². The van der Waals surface area contributed by atoms with Crippen LogP contribution in [0, 0.1) is 0 Å². The Kier molecular flexibility index (Phi) is 5.42. The molecular weight excluding hydrogens is 431 g/mol. The first-order valence-electron chi connectivity index (χ1n) is 10.4. The van der Waals surface area contributed by atoms with Crippen LogP contribution in [-0.2, 0) is 0 Å². The number of nitrogens with two attached hydrogens (primary N) is 1. The predicted molar refractivity (Wildman–Crippen MR) is 125 cm³/mol. The summed E-state index contributed by atoms with van der Waals surface area (Å²) in [5.41, 5.74) is 11.0. The average Bonchev–Trinajstić information content (AvgIpc) is 3.45. The lowest BCUT2D eigenvalue weighted by Gasteiger charge is -2.21. The maximum atomic E-state index is 6.34. The number of pyridine rings is 1. The molecule has 1 aromatic carbocycles. The number of aromatic nitrogens is 5. The minimum atomic E-state index is 0.409. The highest BCUT2D eigenvalue weighted by atomic mass is 35.5. The van der Waals surface area contributed by atoms with Crippen LogP contribution in [0.15, 0.2) is 48.9 Å². The Hall–Kier alpha value is -2.83. The van der Waals surface area contributed by atoms with E-state index in [2.05, 4.69) is 31.2 Å². The van der Waals surface area contributed by atoms with Crippen molar-refractivity contribution in [3.05, 3.63) is 59.0 Å². The molecule has 0 atom stereocenters. The molecule has 0 saturated heterocycles. The molecule has 158 valence electrons. The van der Waals surface area contributed by atoms with Crippen LogP contribution in [0.3, 0.4) is 0 Å². The number of H-pyrrole nitrogens is 1. The molecule has 31 heavy (non-hydrogen) atoms. The summed E-state index contributed by atoms with van der Waals surface area (Å²) >= 11 is 12.7. The van der Waals surface area contributed by atoms with Gasteiger partial charge in [-0.2, -0.15) is 10.2 Å². The number of rotatable bonds is 4. The van der Waals surface area contributed by atoms with Crippen molar-refractivity contribution in [2.24, 2.45) is 0 Å². The second-order valence-electron chi connectivity index (χ2n) is 7.92. The van der Waals surface area contributed by atoms with Gasteiger partial charge in [0.15, 0.2) is 0 Å². The highest BCUT2D eigenvalue weighted by molar-refractivity contribution is 6.39. The third kappa shape index (κ3) is 3.93. The molecule has 0 amide bonds. The van der Waals surface area contributed by atoms with Gasteiger partial charge in [0.25, 0.3) is 0 Å². The van der Waals surface area contributed by atoms with Crippen molar-refractivity contribution >= 4 is 29.0 Å². The summed E-state index contributed by atoms with van der Waals surface area (Å²) in [6.45, 7) is 0. The molecular formula is C23H22Cl2N6. The number of benzene rings is 1. The van der Waals surface area contributed by atoms with Crippen LogP contribution < -0.4 is 5.73 Å². The van der Waals surface area contributed by atoms with Crippen LogP contribution in [0.2, 0.25) is 10.0 Å². The molecule has 1 saturated carbocycles. The minimum absolute atomic E-state index is 0.409. The normalized spacial score (nSPS) is 14.8. The fraction of sp³-hybridized carbons (Fsp3) is 0.261. The van der Waals surface area contributed by atoms with Crippen LogP contribution in [0.1, 0.15) is 38.1 Å². The van der Waals surface area contributed by atoms with Gasteiger partial charge in [-0.05, 0) is 37.1 Å². The smallest absolute Gasteiger partial charge is 0.132 e. The second-order valence-corrected chi connectivity index (χ2v) is 8.74. The summed E-state index contributed by atoms with van der Waals surface area (Å²) in [5, 5.41) is 13.2. The Balaban J connectivity index is 1.47. The van der Waals surface area contributed by atoms with Gasteiger partial charge in [0, 0.05) is 34.6 Å². The molecule has 0 radical (unpaired) electrons. The van der Waals surface area contributed by atoms with Gasteiger partial charge >= 0.3 is 0 Å². The van der Waals surface area contributed by atoms with E-state index in [1.54, 1.807) is 18.3 Å². The van der Waals surface area contributed by atoms with Gasteiger partial charge < -0.3 is 5.73 Å². The van der Waals surface area contributed by atoms with Gasteiger partial charge in [-0.1, -0.05) is 48.5 Å². The number of hydrogen-bond acceptors (Lipinski definition) is 4. The molecule has 0 aliphatic heterocycles. The van der Waals surface area contributed by atoms with Crippen molar-refractivity contribution in [1.82, 2.24) is 25.0 Å². The molecule has 6 nitrogen and oxygen atoms in total. The molecule has 0 unspecified atom stereocenters. The Bertz CT molecular complexity index is 1200. The van der Waals surface area contributed by atoms with Crippen LogP contribution in [0.4, 0.5) is 5.82 Å². The molecule has 5 rings (SSSR count). The standard InChI is InChI=1S/C23H22Cl2N6/c24-18-7-4-8-19(25)22(18)21-10-20(29-30-21)17-9-14(11-27-23(17)26)15-12-28-31(13-15)16-5-2-1-3-6-16/h4,7-13,16H,1-3,5-6H2,(H2,26,27)(H,29,30). The maximum Gasteiger partial charge on any atom is 0.132 e. The molecule has 3 N–H and O–H groups in total. The van der Waals surface area contributed by atoms with Crippen LogP contribution in [0.25, 0.3) is 33.6 Å². The summed E-state index contributed by atoms with van der Waals surface area (Å²) < 4.78 is 2.09. The van der Waals surface area contributed by atoms with E-state index in [1.165, 1.54) is 32.1 Å². The first kappa shape index (κ1) is 20.1. The van der Waals surface area contributed by atoms with E-state index in [4.69, 9.17) is 28.9 Å². The monoisotopic (exact) mass is 452 g/mol. The van der Waals surface area contributed by atoms with Gasteiger partial charge in [0.2, 0.25) is 0 Å². The van der Waals surface area contributed by atoms with Crippen molar-refractivity contribution in [2.45, 2.75) is 38.1 Å². The minimum Gasteiger partial charge on any atom is -0.383 e. The lowest BCUT2D eigenvalue weighted by atomic mass is 9.96. The van der Waals surface area contributed by atoms with Crippen molar-refractivity contribution in [2.75, 3.05) is 5.73 Å². The average molecular weight is 453 g/mol. The Labute approximate surface area is 190 Å². The Morgan fingerprint density at radius 1 is 1.00 bits per heavy atom. The zero-order valence-corrected chi connectivity index (χ0v) is 18.4. The lowest BCUT2D eigenvalue weighted by molar-refractivity contribution is 0.329. The summed E-state index contributed by atoms with van der Waals surface area (Å²) in [4.78, 5) is 4.41. The number of nitrogens with zero attached hydrogens (tertiary/aromatic N) is 4. The molecule has 0 spiro atoms. The zero-order chi connectivity index (χ0) is 21.4. The van der Waals surface area contributed by atoms with Crippen molar-refractivity contribution in [3.8, 4) is 33.6 Å². The number of nitrogens with one attached hydrogen (secondary N) is 1. The second kappa shape index (κ2) is 8.36. The van der Waals surface area contributed by atoms with Gasteiger partial charge in [0.05, 0.1) is 33.7 Å². The van der Waals surface area contributed by atoms with E-state index in [-0.39, 0.29) is 0 Å². The van der Waals surface area contributed by atoms with Gasteiger partial charge in [-0.15, -0.1) is 0 Å². The molecule has 8 heteroatoms. The number of anilines is 1. The van der Waals surface area contributed by atoms with E-state index in [0.717, 1.165) is 22.4 Å². The summed E-state index contributed by atoms with van der Waals surface area (Å²) in [6.07, 6.45) is 12.0. The molecule has 0 bridgehead atoms. The Morgan fingerprint density at radius 2 is 1.77 bits per heavy atom. The van der Waals surface area contributed by atoms with Crippen molar-refractivity contribution in [3.63, 3.8) is 0 Å². The molecule has 1 fully saturated rings. The first-order valence-corrected chi connectivity index (χ1v) is 11.2. The van der Waals surface area contributed by atoms with E-state index in [9.17, 15) is 0 Å². The number of hydrogen-bond donors (Lipinski definition) is 2. The largest absolute Gasteiger partial charge is 0.383 e. The van der Waals surface area contributed by atoms with Gasteiger partial charge in [-0.3, -0.25) is 9.78 Å². The van der Waals surface area contributed by atoms with Crippen LogP contribution in [0.5, 0.6) is 0 Å². The predicted octanol–water partition coefficient (Wildman–Crippen LogP) is 6.40. The quantitative estimate of drug-likeness (QED) is 0.375. The molecule has 3 heterocycles. The number of halogens is 2. The van der Waals surface area contributed by atoms with E-state index < -0.39 is 0 Å². The summed E-state index contributed by atoms with van der Waals surface area (Å²) in [6, 6.07) is 9.77. The van der Waals surface area contributed by atoms with E-state index >= 15 is 0 Å². The fourth-order valence-electron chi connectivity index (χ4n) is 4.21. The Morgan fingerprint density at radius 3 is 2.55 bits per heavy atom. The van der Waals surface area contributed by atoms with E-state index in [1.807, 2.05) is 24.4 Å². The highest BCUT2D eigenvalue weighted by Gasteiger charge is 2.18. The summed E-state index contributed by atoms with van der Waals surface area (Å²) in [5.74, 6) is 0.409. The van der Waals surface area contributed by atoms with Gasteiger partial charge in [-0.25, -0.2) is 4.98 Å². The number of nitrogen functional groups attached to an aromatic ring is 1. The van der Waals surface area contributed by atoms with Gasteiger partial charge in [0.1, 0.15) is 5.82 Å². The van der Waals surface area contributed by atoms with Crippen molar-refractivity contribution < 1.29 is 0 Å². The molecule has 1 aliphatic rings. The van der Waals surface area contributed by atoms with Crippen LogP contribution >= 0.6 is 23.2 Å². The number of aromatic amines is 1. The third-order valence-electron chi connectivity index (χ3n) is 5.89. The van der Waals surface area contributed by atoms with E-state index in [0.29, 0.717) is 33.2 Å². The third-order valence-corrected chi connectivity index (χ3v) is 6.52.